The number of hydrogen-bond acceptors (Lipinski definition) is 6. The lowest BCUT2D eigenvalue weighted by molar-refractivity contribution is 0.0995. The summed E-state index contributed by atoms with van der Waals surface area (Å²) in [4.78, 5) is 25.8. The third kappa shape index (κ3) is 2.53. The molecule has 0 unspecified atom stereocenters. The second kappa shape index (κ2) is 5.87. The molecular formula is C18H21N5O. The number of carbonyl (C=O) groups is 1. The lowest BCUT2D eigenvalue weighted by Gasteiger charge is -2.32. The molecule has 4 rings (SSSR count). The largest absolute Gasteiger partial charge is 0.398 e. The van der Waals surface area contributed by atoms with E-state index in [9.17, 15) is 4.79 Å². The smallest absolute Gasteiger partial charge is 0.225 e. The van der Waals surface area contributed by atoms with Gasteiger partial charge < -0.3 is 15.5 Å². The molecule has 2 N–H and O–H groups in total. The predicted molar refractivity (Wildman–Crippen MR) is 94.2 cm³/mol. The maximum atomic E-state index is 12.1. The lowest BCUT2D eigenvalue weighted by atomic mass is 9.99. The Hall–Kier alpha value is -2.47. The molecule has 1 fully saturated rings. The van der Waals surface area contributed by atoms with E-state index in [1.807, 2.05) is 18.2 Å². The SMILES string of the molecule is CN1CCN(c2nccc(-c3ccc(N)c4c3CCC4=O)n2)CC1. The standard InChI is InChI=1S/C18H21N5O/c1-22-8-10-23(11-9-22)18-20-7-6-15(21-18)12-2-4-14(19)17-13(12)3-5-16(17)24/h2,4,6-7H,3,5,8-11,19H2,1H3. The molecule has 0 radical (unpaired) electrons. The molecule has 6 nitrogen and oxygen atoms in total. The third-order valence-corrected chi connectivity index (χ3v) is 4.93. The highest BCUT2D eigenvalue weighted by molar-refractivity contribution is 6.06. The van der Waals surface area contributed by atoms with Crippen molar-refractivity contribution in [2.24, 2.45) is 0 Å². The zero-order chi connectivity index (χ0) is 16.7. The first-order chi connectivity index (χ1) is 11.6. The van der Waals surface area contributed by atoms with E-state index in [0.29, 0.717) is 17.7 Å². The molecule has 1 aliphatic heterocycles. The van der Waals surface area contributed by atoms with Crippen LogP contribution in [0.1, 0.15) is 22.3 Å². The van der Waals surface area contributed by atoms with Crippen LogP contribution in [-0.2, 0) is 6.42 Å². The summed E-state index contributed by atoms with van der Waals surface area (Å²) >= 11 is 0. The van der Waals surface area contributed by atoms with Crippen LogP contribution < -0.4 is 10.6 Å². The molecule has 0 bridgehead atoms. The van der Waals surface area contributed by atoms with Crippen LogP contribution >= 0.6 is 0 Å². The Kier molecular flexibility index (Phi) is 3.69. The summed E-state index contributed by atoms with van der Waals surface area (Å²) in [7, 11) is 2.13. The number of rotatable bonds is 2. The van der Waals surface area contributed by atoms with Gasteiger partial charge in [0.1, 0.15) is 0 Å². The van der Waals surface area contributed by atoms with Crippen molar-refractivity contribution in [3.8, 4) is 11.3 Å². The van der Waals surface area contributed by atoms with Gasteiger partial charge >= 0.3 is 0 Å². The Labute approximate surface area is 141 Å². The van der Waals surface area contributed by atoms with Crippen molar-refractivity contribution < 1.29 is 4.79 Å². The number of Topliss-reactive ketones (excluding diaryl/α,β-unsaturated/α-hetero) is 1. The topological polar surface area (TPSA) is 75.3 Å². The van der Waals surface area contributed by atoms with Crippen molar-refractivity contribution in [3.05, 3.63) is 35.5 Å². The van der Waals surface area contributed by atoms with E-state index in [-0.39, 0.29) is 5.78 Å². The van der Waals surface area contributed by atoms with Crippen molar-refractivity contribution in [3.63, 3.8) is 0 Å². The summed E-state index contributed by atoms with van der Waals surface area (Å²) in [5.74, 6) is 0.896. The van der Waals surface area contributed by atoms with E-state index in [0.717, 1.165) is 55.4 Å². The predicted octanol–water partition coefficient (Wildman–Crippen LogP) is 1.61. The molecule has 1 aromatic carbocycles. The van der Waals surface area contributed by atoms with Gasteiger partial charge in [-0.15, -0.1) is 0 Å². The van der Waals surface area contributed by atoms with E-state index in [2.05, 4.69) is 21.8 Å². The molecule has 24 heavy (non-hydrogen) atoms. The zero-order valence-electron chi connectivity index (χ0n) is 13.8. The maximum absolute atomic E-state index is 12.1. The van der Waals surface area contributed by atoms with Crippen molar-refractivity contribution in [2.45, 2.75) is 12.8 Å². The molecule has 1 aromatic heterocycles. The highest BCUT2D eigenvalue weighted by Gasteiger charge is 2.26. The summed E-state index contributed by atoms with van der Waals surface area (Å²) in [5.41, 5.74) is 10.2. The van der Waals surface area contributed by atoms with E-state index >= 15 is 0 Å². The first kappa shape index (κ1) is 15.1. The number of benzene rings is 1. The number of hydrogen-bond donors (Lipinski definition) is 1. The van der Waals surface area contributed by atoms with Crippen LogP contribution in [0.2, 0.25) is 0 Å². The summed E-state index contributed by atoms with van der Waals surface area (Å²) in [5, 5.41) is 0. The molecule has 2 aromatic rings. The normalized spacial score (nSPS) is 18.0. The fourth-order valence-electron chi connectivity index (χ4n) is 3.52. The quantitative estimate of drug-likeness (QED) is 0.846. The van der Waals surface area contributed by atoms with E-state index < -0.39 is 0 Å². The number of anilines is 2. The van der Waals surface area contributed by atoms with Crippen LogP contribution in [0.4, 0.5) is 11.6 Å². The Morgan fingerprint density at radius 3 is 2.67 bits per heavy atom. The summed E-state index contributed by atoms with van der Waals surface area (Å²) in [6, 6.07) is 5.70. The second-order valence-electron chi connectivity index (χ2n) is 6.51. The third-order valence-electron chi connectivity index (χ3n) is 4.93. The van der Waals surface area contributed by atoms with Gasteiger partial charge in [0.25, 0.3) is 0 Å². The number of nitrogens with zero attached hydrogens (tertiary/aromatic N) is 4. The first-order valence-corrected chi connectivity index (χ1v) is 8.35. The average molecular weight is 323 g/mol. The maximum Gasteiger partial charge on any atom is 0.225 e. The molecule has 1 saturated heterocycles. The Bertz CT molecular complexity index is 796. The molecule has 124 valence electrons. The Morgan fingerprint density at radius 1 is 1.08 bits per heavy atom. The highest BCUT2D eigenvalue weighted by Crippen LogP contribution is 2.35. The Balaban J connectivity index is 1.71. The summed E-state index contributed by atoms with van der Waals surface area (Å²) in [6.07, 6.45) is 3.07. The minimum Gasteiger partial charge on any atom is -0.398 e. The van der Waals surface area contributed by atoms with Crippen LogP contribution in [0.25, 0.3) is 11.3 Å². The minimum absolute atomic E-state index is 0.137. The van der Waals surface area contributed by atoms with Gasteiger partial charge in [0.05, 0.1) is 5.69 Å². The fraction of sp³-hybridized carbons (Fsp3) is 0.389. The van der Waals surface area contributed by atoms with Gasteiger partial charge in [0, 0.05) is 55.6 Å². The van der Waals surface area contributed by atoms with Gasteiger partial charge in [0.15, 0.2) is 5.78 Å². The van der Waals surface area contributed by atoms with E-state index in [1.54, 1.807) is 6.20 Å². The molecule has 0 spiro atoms. The van der Waals surface area contributed by atoms with Gasteiger partial charge in [0.2, 0.25) is 5.95 Å². The number of aromatic nitrogens is 2. The average Bonchev–Trinajstić information content (AvgIpc) is 2.99. The number of ketones is 1. The summed E-state index contributed by atoms with van der Waals surface area (Å²) < 4.78 is 0. The molecule has 6 heteroatoms. The molecule has 2 aliphatic rings. The first-order valence-electron chi connectivity index (χ1n) is 8.35. The molecular weight excluding hydrogens is 302 g/mol. The van der Waals surface area contributed by atoms with Crippen LogP contribution in [0.3, 0.4) is 0 Å². The van der Waals surface area contributed by atoms with Crippen LogP contribution in [0.5, 0.6) is 0 Å². The number of nitrogens with two attached hydrogens (primary N) is 1. The molecule has 0 amide bonds. The zero-order valence-corrected chi connectivity index (χ0v) is 13.8. The van der Waals surface area contributed by atoms with Gasteiger partial charge in [-0.2, -0.15) is 0 Å². The van der Waals surface area contributed by atoms with E-state index in [4.69, 9.17) is 10.7 Å². The van der Waals surface area contributed by atoms with Gasteiger partial charge in [-0.25, -0.2) is 9.97 Å². The highest BCUT2D eigenvalue weighted by atomic mass is 16.1. The van der Waals surface area contributed by atoms with Crippen LogP contribution in [0.15, 0.2) is 24.4 Å². The van der Waals surface area contributed by atoms with Gasteiger partial charge in [-0.05, 0) is 31.2 Å². The number of carbonyl (C=O) groups excluding carboxylic acids is 1. The van der Waals surface area contributed by atoms with Gasteiger partial charge in [-0.3, -0.25) is 4.79 Å². The molecule has 2 heterocycles. The minimum atomic E-state index is 0.137. The number of piperazine rings is 1. The molecule has 0 atom stereocenters. The van der Waals surface area contributed by atoms with Gasteiger partial charge in [-0.1, -0.05) is 6.07 Å². The fourth-order valence-corrected chi connectivity index (χ4v) is 3.52. The monoisotopic (exact) mass is 323 g/mol. The van der Waals surface area contributed by atoms with Crippen molar-refractivity contribution in [1.82, 2.24) is 14.9 Å². The second-order valence-corrected chi connectivity index (χ2v) is 6.51. The lowest BCUT2D eigenvalue weighted by Crippen LogP contribution is -2.45. The number of likely N-dealkylation sites (N-methyl/N-ethyl adjacent to an activating group) is 1. The van der Waals surface area contributed by atoms with Crippen molar-refractivity contribution >= 4 is 17.4 Å². The van der Waals surface area contributed by atoms with Crippen LogP contribution in [-0.4, -0.2) is 53.9 Å². The van der Waals surface area contributed by atoms with Crippen molar-refractivity contribution in [2.75, 3.05) is 43.9 Å². The summed E-state index contributed by atoms with van der Waals surface area (Å²) in [6.45, 7) is 3.88. The van der Waals surface area contributed by atoms with Crippen molar-refractivity contribution in [1.29, 1.82) is 0 Å². The molecule has 1 aliphatic carbocycles. The Morgan fingerprint density at radius 2 is 1.88 bits per heavy atom. The van der Waals surface area contributed by atoms with Crippen LogP contribution in [0, 0.1) is 0 Å². The molecule has 0 saturated carbocycles. The number of fused-ring (bicyclic) bond motifs is 1. The number of nitrogen functional groups attached to an aromatic ring is 1. The van der Waals surface area contributed by atoms with E-state index in [1.165, 1.54) is 0 Å².